The zero-order valence-electron chi connectivity index (χ0n) is 14.9. The first-order valence-electron chi connectivity index (χ1n) is 9.15. The van der Waals surface area contributed by atoms with Crippen molar-refractivity contribution in [1.82, 2.24) is 9.97 Å². The molecule has 0 radical (unpaired) electrons. The van der Waals surface area contributed by atoms with Gasteiger partial charge in [-0.15, -0.1) is 0 Å². The summed E-state index contributed by atoms with van der Waals surface area (Å²) in [5.41, 5.74) is 4.76. The van der Waals surface area contributed by atoms with Crippen molar-refractivity contribution in [3.63, 3.8) is 0 Å². The first-order valence-corrected chi connectivity index (χ1v) is 9.15. The molecule has 0 atom stereocenters. The molecule has 4 heteroatoms. The van der Waals surface area contributed by atoms with Crippen LogP contribution in [0.1, 0.15) is 24.2 Å². The number of H-pyrrole nitrogens is 2. The van der Waals surface area contributed by atoms with Crippen molar-refractivity contribution in [3.05, 3.63) is 72.1 Å². The monoisotopic (exact) mass is 350 g/mol. The fourth-order valence-electron chi connectivity index (χ4n) is 3.08. The zero-order valence-corrected chi connectivity index (χ0v) is 14.9. The third-order valence-electron chi connectivity index (χ3n) is 4.38. The highest BCUT2D eigenvalue weighted by Crippen LogP contribution is 2.16. The van der Waals surface area contributed by atoms with Crippen molar-refractivity contribution in [2.75, 3.05) is 13.2 Å². The smallest absolute Gasteiger partial charge is 0.0456 e. The predicted octanol–water partition coefficient (Wildman–Crippen LogP) is 4.19. The highest BCUT2D eigenvalue weighted by Gasteiger charge is 1.99. The van der Waals surface area contributed by atoms with Crippen LogP contribution in [-0.4, -0.2) is 33.4 Å². The van der Waals surface area contributed by atoms with Crippen LogP contribution in [0, 0.1) is 0 Å². The van der Waals surface area contributed by atoms with Gasteiger partial charge in [0.25, 0.3) is 0 Å². The van der Waals surface area contributed by atoms with E-state index in [4.69, 9.17) is 10.2 Å². The van der Waals surface area contributed by atoms with Crippen LogP contribution < -0.4 is 0 Å². The number of aromatic nitrogens is 2. The first-order chi connectivity index (χ1) is 12.8. The Labute approximate surface area is 153 Å². The fraction of sp³-hybridized carbons (Fsp3) is 0.273. The number of para-hydroxylation sites is 2. The molecule has 2 aromatic carbocycles. The van der Waals surface area contributed by atoms with E-state index in [1.807, 2.05) is 24.3 Å². The van der Waals surface area contributed by atoms with Crippen LogP contribution in [-0.2, 0) is 12.8 Å². The number of aliphatic hydroxyl groups is 2. The summed E-state index contributed by atoms with van der Waals surface area (Å²) in [6.07, 6.45) is 3.50. The molecular weight excluding hydrogens is 324 g/mol. The summed E-state index contributed by atoms with van der Waals surface area (Å²) in [6.45, 7) is 0.519. The molecule has 4 N–H and O–H groups in total. The summed E-state index contributed by atoms with van der Waals surface area (Å²) in [5.74, 6) is 0. The Hall–Kier alpha value is -2.56. The van der Waals surface area contributed by atoms with Gasteiger partial charge in [0.2, 0.25) is 0 Å². The number of hydrogen-bond acceptors (Lipinski definition) is 2. The van der Waals surface area contributed by atoms with E-state index < -0.39 is 0 Å². The standard InChI is InChI=1S/2C11H13NO/c2*13-7-3-5-10-8-9-4-1-2-6-11(9)12-10/h2*1-2,4,6,8,12-13H,3,5,7H2. The molecule has 0 aliphatic heterocycles. The number of benzene rings is 2. The van der Waals surface area contributed by atoms with Crippen molar-refractivity contribution < 1.29 is 10.2 Å². The number of aromatic amines is 2. The SMILES string of the molecule is OCCCc1cc2ccccc2[nH]1.OCCCc1cc2ccccc2[nH]1. The predicted molar refractivity (Wildman–Crippen MR) is 107 cm³/mol. The summed E-state index contributed by atoms with van der Waals surface area (Å²) in [4.78, 5) is 6.64. The molecule has 0 bridgehead atoms. The lowest BCUT2D eigenvalue weighted by Gasteiger charge is -1.92. The fourth-order valence-corrected chi connectivity index (χ4v) is 3.08. The molecule has 0 amide bonds. The van der Waals surface area contributed by atoms with Crippen LogP contribution in [0.4, 0.5) is 0 Å². The molecule has 4 rings (SSSR count). The van der Waals surface area contributed by atoms with Crippen LogP contribution in [0.15, 0.2) is 60.7 Å². The molecule has 0 spiro atoms. The maximum absolute atomic E-state index is 8.69. The van der Waals surface area contributed by atoms with Gasteiger partial charge in [0.05, 0.1) is 0 Å². The van der Waals surface area contributed by atoms with Crippen LogP contribution in [0.5, 0.6) is 0 Å². The molecule has 0 aliphatic rings. The van der Waals surface area contributed by atoms with E-state index >= 15 is 0 Å². The van der Waals surface area contributed by atoms with Crippen LogP contribution in [0.3, 0.4) is 0 Å². The van der Waals surface area contributed by atoms with Gasteiger partial charge >= 0.3 is 0 Å². The van der Waals surface area contributed by atoms with Crippen LogP contribution in [0.2, 0.25) is 0 Å². The van der Waals surface area contributed by atoms with Gasteiger partial charge in [0.1, 0.15) is 0 Å². The van der Waals surface area contributed by atoms with E-state index in [1.165, 1.54) is 33.2 Å². The Morgan fingerprint density at radius 2 is 1.04 bits per heavy atom. The molecule has 4 nitrogen and oxygen atoms in total. The van der Waals surface area contributed by atoms with Gasteiger partial charge in [-0.3, -0.25) is 0 Å². The summed E-state index contributed by atoms with van der Waals surface area (Å²) < 4.78 is 0. The van der Waals surface area contributed by atoms with E-state index in [1.54, 1.807) is 0 Å². The first kappa shape index (κ1) is 18.2. The number of aliphatic hydroxyl groups excluding tert-OH is 2. The number of aryl methyl sites for hydroxylation is 2. The van der Waals surface area contributed by atoms with Crippen molar-refractivity contribution in [2.24, 2.45) is 0 Å². The molecule has 0 aliphatic carbocycles. The molecule has 2 aromatic heterocycles. The summed E-state index contributed by atoms with van der Waals surface area (Å²) >= 11 is 0. The van der Waals surface area contributed by atoms with Gasteiger partial charge in [-0.1, -0.05) is 36.4 Å². The van der Waals surface area contributed by atoms with Gasteiger partial charge in [-0.2, -0.15) is 0 Å². The number of hydrogen-bond donors (Lipinski definition) is 4. The Morgan fingerprint density at radius 1 is 0.615 bits per heavy atom. The van der Waals surface area contributed by atoms with E-state index in [0.29, 0.717) is 0 Å². The highest BCUT2D eigenvalue weighted by atomic mass is 16.3. The van der Waals surface area contributed by atoms with Crippen molar-refractivity contribution in [1.29, 1.82) is 0 Å². The number of fused-ring (bicyclic) bond motifs is 2. The third-order valence-corrected chi connectivity index (χ3v) is 4.38. The maximum atomic E-state index is 8.69. The lowest BCUT2D eigenvalue weighted by atomic mass is 10.2. The number of nitrogens with one attached hydrogen (secondary N) is 2. The lowest BCUT2D eigenvalue weighted by Crippen LogP contribution is -1.88. The molecule has 26 heavy (non-hydrogen) atoms. The van der Waals surface area contributed by atoms with Crippen molar-refractivity contribution in [3.8, 4) is 0 Å². The lowest BCUT2D eigenvalue weighted by molar-refractivity contribution is 0.288. The molecular formula is C22H26N2O2. The Kier molecular flexibility index (Phi) is 6.47. The Balaban J connectivity index is 0.000000151. The van der Waals surface area contributed by atoms with Gasteiger partial charge < -0.3 is 20.2 Å². The van der Waals surface area contributed by atoms with E-state index in [2.05, 4.69) is 46.4 Å². The second kappa shape index (κ2) is 9.22. The highest BCUT2D eigenvalue weighted by molar-refractivity contribution is 5.80. The molecule has 0 unspecified atom stereocenters. The largest absolute Gasteiger partial charge is 0.396 e. The minimum Gasteiger partial charge on any atom is -0.396 e. The maximum Gasteiger partial charge on any atom is 0.0456 e. The number of rotatable bonds is 6. The third kappa shape index (κ3) is 4.75. The second-order valence-corrected chi connectivity index (χ2v) is 6.42. The van der Waals surface area contributed by atoms with Crippen LogP contribution >= 0.6 is 0 Å². The minimum atomic E-state index is 0.259. The van der Waals surface area contributed by atoms with E-state index in [-0.39, 0.29) is 13.2 Å². The zero-order chi connectivity index (χ0) is 18.2. The Bertz CT molecular complexity index is 795. The van der Waals surface area contributed by atoms with Crippen LogP contribution in [0.25, 0.3) is 21.8 Å². The molecule has 2 heterocycles. The quantitative estimate of drug-likeness (QED) is 0.421. The van der Waals surface area contributed by atoms with Gasteiger partial charge in [0, 0.05) is 35.6 Å². The molecule has 0 fully saturated rings. The van der Waals surface area contributed by atoms with Gasteiger partial charge in [-0.05, 0) is 60.7 Å². The van der Waals surface area contributed by atoms with E-state index in [0.717, 1.165) is 25.7 Å². The van der Waals surface area contributed by atoms with Crippen molar-refractivity contribution in [2.45, 2.75) is 25.7 Å². The van der Waals surface area contributed by atoms with Crippen molar-refractivity contribution >= 4 is 21.8 Å². The summed E-state index contributed by atoms with van der Waals surface area (Å²) in [6, 6.07) is 20.7. The summed E-state index contributed by atoms with van der Waals surface area (Å²) in [5, 5.41) is 19.9. The molecule has 0 saturated carbocycles. The second-order valence-electron chi connectivity index (χ2n) is 6.42. The topological polar surface area (TPSA) is 72.0 Å². The molecule has 0 saturated heterocycles. The normalized spacial score (nSPS) is 10.8. The van der Waals surface area contributed by atoms with Gasteiger partial charge in [0.15, 0.2) is 0 Å². The van der Waals surface area contributed by atoms with Gasteiger partial charge in [-0.25, -0.2) is 0 Å². The Morgan fingerprint density at radius 3 is 1.42 bits per heavy atom. The van der Waals surface area contributed by atoms with E-state index in [9.17, 15) is 0 Å². The average molecular weight is 350 g/mol. The molecule has 4 aromatic rings. The molecule has 136 valence electrons. The summed E-state index contributed by atoms with van der Waals surface area (Å²) in [7, 11) is 0. The minimum absolute atomic E-state index is 0.259. The average Bonchev–Trinajstić information content (AvgIpc) is 3.28.